The van der Waals surface area contributed by atoms with Gasteiger partial charge in [-0.25, -0.2) is 0 Å². The topological polar surface area (TPSA) is 38.3 Å². The van der Waals surface area contributed by atoms with Crippen LogP contribution in [0.4, 0.5) is 0 Å². The summed E-state index contributed by atoms with van der Waals surface area (Å²) in [4.78, 5) is 11.9. The summed E-state index contributed by atoms with van der Waals surface area (Å²) < 4.78 is 5.32. The Morgan fingerprint density at radius 2 is 1.88 bits per heavy atom. The second-order valence-corrected chi connectivity index (χ2v) is 5.01. The number of nitrogens with one attached hydrogen (secondary N) is 1. The van der Waals surface area contributed by atoms with Gasteiger partial charge < -0.3 is 10.1 Å². The van der Waals surface area contributed by atoms with Gasteiger partial charge in [0.05, 0.1) is 6.61 Å². The van der Waals surface area contributed by atoms with Crippen molar-refractivity contribution >= 4 is 21.8 Å². The molecule has 4 heteroatoms. The summed E-state index contributed by atoms with van der Waals surface area (Å²) in [5, 5.41) is 3.87. The largest absolute Gasteiger partial charge is 0.381 e. The summed E-state index contributed by atoms with van der Waals surface area (Å²) >= 11 is 3.30. The summed E-state index contributed by atoms with van der Waals surface area (Å²) in [6.45, 7) is 6.44. The molecule has 0 atom stereocenters. The zero-order valence-corrected chi connectivity index (χ0v) is 12.7. The van der Waals surface area contributed by atoms with Crippen LogP contribution in [0.1, 0.15) is 46.0 Å². The molecule has 0 aromatic carbocycles. The van der Waals surface area contributed by atoms with Gasteiger partial charge in [0.15, 0.2) is 0 Å². The molecule has 0 fully saturated rings. The van der Waals surface area contributed by atoms with Crippen LogP contribution in [0.15, 0.2) is 0 Å². The van der Waals surface area contributed by atoms with E-state index in [0.717, 1.165) is 57.2 Å². The van der Waals surface area contributed by atoms with E-state index < -0.39 is 0 Å². The predicted molar refractivity (Wildman–Crippen MR) is 75.5 cm³/mol. The number of carbonyl (C=O) groups excluding carboxylic acids is 1. The Labute approximate surface area is 114 Å². The number of hydrogen-bond donors (Lipinski definition) is 1. The molecule has 0 radical (unpaired) electrons. The highest BCUT2D eigenvalue weighted by Gasteiger charge is 2.15. The lowest BCUT2D eigenvalue weighted by molar-refractivity contribution is -0.125. The Bertz CT molecular complexity index is 182. The first-order valence-corrected chi connectivity index (χ1v) is 7.79. The third kappa shape index (κ3) is 9.60. The zero-order valence-electron chi connectivity index (χ0n) is 11.1. The fourth-order valence-corrected chi connectivity index (χ4v) is 2.02. The minimum absolute atomic E-state index is 0.202. The summed E-state index contributed by atoms with van der Waals surface area (Å²) in [7, 11) is 0. The van der Waals surface area contributed by atoms with Gasteiger partial charge in [0.2, 0.25) is 5.91 Å². The van der Waals surface area contributed by atoms with E-state index in [1.165, 1.54) is 0 Å². The molecule has 0 saturated heterocycles. The highest BCUT2D eigenvalue weighted by molar-refractivity contribution is 9.09. The van der Waals surface area contributed by atoms with Crippen molar-refractivity contribution < 1.29 is 9.53 Å². The van der Waals surface area contributed by atoms with Crippen molar-refractivity contribution in [2.24, 2.45) is 5.92 Å². The van der Waals surface area contributed by atoms with Crippen LogP contribution in [-0.4, -0.2) is 31.0 Å². The van der Waals surface area contributed by atoms with Crippen molar-refractivity contribution in [2.75, 3.05) is 25.1 Å². The number of halogens is 1. The molecule has 0 aliphatic rings. The van der Waals surface area contributed by atoms with Gasteiger partial charge in [0, 0.05) is 24.4 Å². The molecule has 0 spiro atoms. The van der Waals surface area contributed by atoms with Crippen molar-refractivity contribution in [3.63, 3.8) is 0 Å². The van der Waals surface area contributed by atoms with E-state index in [-0.39, 0.29) is 11.8 Å². The molecule has 1 N–H and O–H groups in total. The maximum absolute atomic E-state index is 11.9. The van der Waals surface area contributed by atoms with Crippen molar-refractivity contribution in [3.8, 4) is 0 Å². The van der Waals surface area contributed by atoms with Crippen LogP contribution in [0.25, 0.3) is 0 Å². The third-order valence-electron chi connectivity index (χ3n) is 2.63. The van der Waals surface area contributed by atoms with Gasteiger partial charge in [-0.3, -0.25) is 4.79 Å². The second kappa shape index (κ2) is 12.4. The predicted octanol–water partition coefficient (Wildman–Crippen LogP) is 3.12. The molecule has 0 aromatic rings. The standard InChI is InChI=1S/C13H26BrNO2/c1-3-6-12(7-4-2)13(16)15-9-5-10-17-11-8-14/h12H,3-11H2,1-2H3,(H,15,16). The highest BCUT2D eigenvalue weighted by Crippen LogP contribution is 2.13. The normalized spacial score (nSPS) is 10.8. The lowest BCUT2D eigenvalue weighted by Gasteiger charge is -2.15. The third-order valence-corrected chi connectivity index (χ3v) is 2.95. The van der Waals surface area contributed by atoms with E-state index in [1.807, 2.05) is 0 Å². The molecule has 1 amide bonds. The van der Waals surface area contributed by atoms with Crippen molar-refractivity contribution in [1.29, 1.82) is 0 Å². The molecule has 0 aliphatic carbocycles. The van der Waals surface area contributed by atoms with Crippen molar-refractivity contribution in [1.82, 2.24) is 5.32 Å². The summed E-state index contributed by atoms with van der Waals surface area (Å²) in [6, 6.07) is 0. The molecule has 3 nitrogen and oxygen atoms in total. The fourth-order valence-electron chi connectivity index (χ4n) is 1.79. The Kier molecular flexibility index (Phi) is 12.3. The van der Waals surface area contributed by atoms with E-state index in [9.17, 15) is 4.79 Å². The van der Waals surface area contributed by atoms with Crippen LogP contribution in [0, 0.1) is 5.92 Å². The molecule has 0 unspecified atom stereocenters. The quantitative estimate of drug-likeness (QED) is 0.470. The first-order valence-electron chi connectivity index (χ1n) is 6.67. The summed E-state index contributed by atoms with van der Waals surface area (Å²) in [6.07, 6.45) is 5.04. The molecule has 0 aromatic heterocycles. The van der Waals surface area contributed by atoms with Gasteiger partial charge in [-0.1, -0.05) is 42.6 Å². The minimum atomic E-state index is 0.202. The number of amides is 1. The lowest BCUT2D eigenvalue weighted by Crippen LogP contribution is -2.31. The van der Waals surface area contributed by atoms with Gasteiger partial charge >= 0.3 is 0 Å². The molecule has 0 bridgehead atoms. The van der Waals surface area contributed by atoms with E-state index in [4.69, 9.17) is 4.74 Å². The maximum Gasteiger partial charge on any atom is 0.223 e. The number of ether oxygens (including phenoxy) is 1. The van der Waals surface area contributed by atoms with Gasteiger partial charge in [-0.15, -0.1) is 0 Å². The monoisotopic (exact) mass is 307 g/mol. The average molecular weight is 308 g/mol. The Morgan fingerprint density at radius 1 is 1.24 bits per heavy atom. The fraction of sp³-hybridized carbons (Fsp3) is 0.923. The lowest BCUT2D eigenvalue weighted by atomic mass is 9.97. The summed E-state index contributed by atoms with van der Waals surface area (Å²) in [5.74, 6) is 0.419. The molecule has 17 heavy (non-hydrogen) atoms. The Balaban J connectivity index is 3.59. The summed E-state index contributed by atoms with van der Waals surface area (Å²) in [5.41, 5.74) is 0. The number of carbonyl (C=O) groups is 1. The van der Waals surface area contributed by atoms with E-state index in [1.54, 1.807) is 0 Å². The average Bonchev–Trinajstić information content (AvgIpc) is 2.33. The van der Waals surface area contributed by atoms with Crippen LogP contribution in [0.5, 0.6) is 0 Å². The molecular weight excluding hydrogens is 282 g/mol. The SMILES string of the molecule is CCCC(CCC)C(=O)NCCCOCCBr. The van der Waals surface area contributed by atoms with Gasteiger partial charge in [0.25, 0.3) is 0 Å². The van der Waals surface area contributed by atoms with Gasteiger partial charge in [-0.2, -0.15) is 0 Å². The van der Waals surface area contributed by atoms with E-state index in [2.05, 4.69) is 35.1 Å². The molecule has 0 saturated carbocycles. The van der Waals surface area contributed by atoms with Crippen LogP contribution >= 0.6 is 15.9 Å². The number of hydrogen-bond acceptors (Lipinski definition) is 2. The first-order chi connectivity index (χ1) is 8.26. The maximum atomic E-state index is 11.9. The number of rotatable bonds is 11. The molecule has 0 heterocycles. The minimum Gasteiger partial charge on any atom is -0.381 e. The highest BCUT2D eigenvalue weighted by atomic mass is 79.9. The van der Waals surface area contributed by atoms with Crippen molar-refractivity contribution in [2.45, 2.75) is 46.0 Å². The van der Waals surface area contributed by atoms with Crippen LogP contribution in [0.2, 0.25) is 0 Å². The second-order valence-electron chi connectivity index (χ2n) is 4.22. The van der Waals surface area contributed by atoms with E-state index >= 15 is 0 Å². The van der Waals surface area contributed by atoms with Crippen LogP contribution in [0.3, 0.4) is 0 Å². The molecule has 102 valence electrons. The molecule has 0 aliphatic heterocycles. The van der Waals surface area contributed by atoms with Crippen molar-refractivity contribution in [3.05, 3.63) is 0 Å². The Morgan fingerprint density at radius 3 is 2.41 bits per heavy atom. The molecular formula is C13H26BrNO2. The number of alkyl halides is 1. The van der Waals surface area contributed by atoms with Crippen LogP contribution in [-0.2, 0) is 9.53 Å². The van der Waals surface area contributed by atoms with Gasteiger partial charge in [-0.05, 0) is 19.3 Å². The smallest absolute Gasteiger partial charge is 0.223 e. The first kappa shape index (κ1) is 16.9. The van der Waals surface area contributed by atoms with Gasteiger partial charge in [0.1, 0.15) is 0 Å². The van der Waals surface area contributed by atoms with E-state index in [0.29, 0.717) is 0 Å². The Hall–Kier alpha value is -0.0900. The zero-order chi connectivity index (χ0) is 12.9. The van der Waals surface area contributed by atoms with Crippen LogP contribution < -0.4 is 5.32 Å². The molecule has 0 rings (SSSR count).